The zero-order chi connectivity index (χ0) is 43.3. The van der Waals surface area contributed by atoms with E-state index < -0.39 is 43.7 Å². The molecule has 2 aliphatic heterocycles. The highest BCUT2D eigenvalue weighted by Crippen LogP contribution is 2.56. The standard InChI is InChI=1S/C44H53N8O8P/c1-29(2)52(30(3)4)61(58-24-12-23-45)60-38-37-41(51-28-46-36-39(51)48-42(49-40(36)53)47-27-50(5)6)59-43(38,25-56-37)26-57-44(31-13-10-9-11-14-31,32-15-19-34(54-7)20-16-32)33-17-21-35(55-8)22-18-33/h9-11,13-22,27-30,37-38,41H,12,24-26H2,1-8H3,(H,48,49,53)/b47-27+/t37-,38+,41+,43+,61?/m0/s1. The van der Waals surface area contributed by atoms with Crippen LogP contribution in [0.5, 0.6) is 11.5 Å². The molecule has 1 unspecified atom stereocenters. The number of rotatable bonds is 19. The summed E-state index contributed by atoms with van der Waals surface area (Å²) < 4.78 is 50.0. The zero-order valence-corrected chi connectivity index (χ0v) is 36.6. The fraction of sp³-hybridized carbons (Fsp3) is 0.432. The van der Waals surface area contributed by atoms with E-state index in [0.717, 1.165) is 16.7 Å². The van der Waals surface area contributed by atoms with Gasteiger partial charge in [0.2, 0.25) is 5.95 Å². The van der Waals surface area contributed by atoms with E-state index in [-0.39, 0.29) is 55.4 Å². The molecule has 0 amide bonds. The van der Waals surface area contributed by atoms with E-state index >= 15 is 0 Å². The van der Waals surface area contributed by atoms with E-state index in [9.17, 15) is 10.1 Å². The molecular formula is C44H53N8O8P. The molecule has 2 aliphatic rings. The van der Waals surface area contributed by atoms with Gasteiger partial charge < -0.3 is 37.6 Å². The summed E-state index contributed by atoms with van der Waals surface area (Å²) in [5, 5.41) is 9.47. The number of ether oxygens (including phenoxy) is 5. The Hall–Kier alpha value is -5.24. The first-order valence-electron chi connectivity index (χ1n) is 20.1. The Labute approximate surface area is 357 Å². The molecule has 2 bridgehead atoms. The predicted molar refractivity (Wildman–Crippen MR) is 231 cm³/mol. The second kappa shape index (κ2) is 18.8. The van der Waals surface area contributed by atoms with Crippen molar-refractivity contribution in [3.63, 3.8) is 0 Å². The smallest absolute Gasteiger partial charge is 0.280 e. The molecule has 0 radical (unpaired) electrons. The summed E-state index contributed by atoms with van der Waals surface area (Å²) >= 11 is 0. The van der Waals surface area contributed by atoms with Crippen LogP contribution in [-0.4, -0.2) is 113 Å². The van der Waals surface area contributed by atoms with Crippen molar-refractivity contribution in [2.24, 2.45) is 4.99 Å². The first kappa shape index (κ1) is 43.8. The Bertz CT molecular complexity index is 2310. The van der Waals surface area contributed by atoms with E-state index in [0.29, 0.717) is 11.5 Å². The van der Waals surface area contributed by atoms with Crippen molar-refractivity contribution in [2.75, 3.05) is 48.1 Å². The van der Waals surface area contributed by atoms with Crippen molar-refractivity contribution in [3.8, 4) is 17.6 Å². The van der Waals surface area contributed by atoms with Crippen molar-refractivity contribution in [3.05, 3.63) is 112 Å². The minimum atomic E-state index is -1.77. The molecule has 2 fully saturated rings. The third kappa shape index (κ3) is 8.78. The van der Waals surface area contributed by atoms with Crippen LogP contribution in [0.1, 0.15) is 57.0 Å². The van der Waals surface area contributed by atoms with E-state index in [4.69, 9.17) is 37.7 Å². The number of hydrogen-bond acceptors (Lipinski definition) is 13. The van der Waals surface area contributed by atoms with Crippen molar-refractivity contribution < 1.29 is 32.7 Å². The van der Waals surface area contributed by atoms with Gasteiger partial charge in [0, 0.05) is 26.2 Å². The molecule has 5 atom stereocenters. The second-order valence-electron chi connectivity index (χ2n) is 15.6. The Kier molecular flexibility index (Phi) is 13.5. The molecule has 0 saturated carbocycles. The van der Waals surface area contributed by atoms with Gasteiger partial charge in [-0.1, -0.05) is 54.6 Å². The molecule has 322 valence electrons. The average Bonchev–Trinajstić information content (AvgIpc) is 3.93. The van der Waals surface area contributed by atoms with E-state index in [1.54, 1.807) is 30.0 Å². The summed E-state index contributed by atoms with van der Waals surface area (Å²) in [6.45, 7) is 8.59. The highest BCUT2D eigenvalue weighted by Gasteiger charge is 2.65. The van der Waals surface area contributed by atoms with Gasteiger partial charge in [-0.2, -0.15) is 10.2 Å². The number of aliphatic imine (C=N–C) groups is 1. The number of nitriles is 1. The van der Waals surface area contributed by atoms with Gasteiger partial charge in [-0.3, -0.25) is 14.3 Å². The number of methoxy groups -OCH3 is 2. The van der Waals surface area contributed by atoms with Gasteiger partial charge in [-0.15, -0.1) is 0 Å². The Morgan fingerprint density at radius 3 is 2.20 bits per heavy atom. The maximum absolute atomic E-state index is 13.3. The lowest BCUT2D eigenvalue weighted by Crippen LogP contribution is -2.49. The molecule has 16 nitrogen and oxygen atoms in total. The number of hydrogen-bond donors (Lipinski definition) is 1. The minimum absolute atomic E-state index is 0.0264. The lowest BCUT2D eigenvalue weighted by atomic mass is 9.79. The number of nitrogens with one attached hydrogen (secondary N) is 1. The molecule has 0 spiro atoms. The summed E-state index contributed by atoms with van der Waals surface area (Å²) in [4.78, 5) is 31.2. The molecule has 7 rings (SSSR count). The Balaban J connectivity index is 1.37. The highest BCUT2D eigenvalue weighted by molar-refractivity contribution is 7.44. The molecule has 0 aliphatic carbocycles. The first-order chi connectivity index (χ1) is 29.4. The highest BCUT2D eigenvalue weighted by atomic mass is 31.2. The van der Waals surface area contributed by atoms with Crippen LogP contribution in [0.25, 0.3) is 11.2 Å². The fourth-order valence-electron chi connectivity index (χ4n) is 7.90. The van der Waals surface area contributed by atoms with E-state index in [1.165, 1.54) is 6.33 Å². The van der Waals surface area contributed by atoms with Crippen LogP contribution < -0.4 is 15.0 Å². The lowest BCUT2D eigenvalue weighted by Gasteiger charge is -2.41. The summed E-state index contributed by atoms with van der Waals surface area (Å²) in [7, 11) is 5.14. The number of H-pyrrole nitrogens is 1. The molecule has 1 N–H and O–H groups in total. The van der Waals surface area contributed by atoms with Gasteiger partial charge in [0.05, 0.1) is 59.2 Å². The normalized spacial score (nSPS) is 20.6. The molecule has 5 aromatic rings. The Morgan fingerprint density at radius 1 is 1.00 bits per heavy atom. The SMILES string of the molecule is COc1ccc(C(OC[C@@]23CO[C@H]([C@H](n4cnc5c(=O)[nH]c(/N=C/N(C)C)nc54)O2)[C@H]3OP(OCCC#N)N(C(C)C)C(C)C)(c2ccccc2)c2ccc(OC)cc2)cc1. The maximum Gasteiger partial charge on any atom is 0.280 e. The number of benzene rings is 3. The van der Waals surface area contributed by atoms with Gasteiger partial charge in [0.1, 0.15) is 34.9 Å². The topological polar surface area (TPSA) is 171 Å². The second-order valence-corrected chi connectivity index (χ2v) is 17.0. The van der Waals surface area contributed by atoms with Crippen LogP contribution in [0, 0.1) is 11.3 Å². The number of fused-ring (bicyclic) bond motifs is 3. The molecule has 2 saturated heterocycles. The van der Waals surface area contributed by atoms with Crippen LogP contribution in [0.3, 0.4) is 0 Å². The fourth-order valence-corrected chi connectivity index (χ4v) is 9.71. The minimum Gasteiger partial charge on any atom is -0.497 e. The van der Waals surface area contributed by atoms with E-state index in [1.807, 2.05) is 93.0 Å². The molecule has 3 aromatic carbocycles. The van der Waals surface area contributed by atoms with Crippen molar-refractivity contribution in [2.45, 2.75) is 75.8 Å². The number of imidazole rings is 1. The van der Waals surface area contributed by atoms with Crippen LogP contribution in [0.4, 0.5) is 5.95 Å². The summed E-state index contributed by atoms with van der Waals surface area (Å²) in [6.07, 6.45) is 0.908. The molecule has 2 aromatic heterocycles. The van der Waals surface area contributed by atoms with Gasteiger partial charge in [-0.25, -0.2) is 14.6 Å². The quantitative estimate of drug-likeness (QED) is 0.0307. The average molecular weight is 853 g/mol. The largest absolute Gasteiger partial charge is 0.497 e. The number of aromatic amines is 1. The van der Waals surface area contributed by atoms with Crippen LogP contribution in [0.2, 0.25) is 0 Å². The summed E-state index contributed by atoms with van der Waals surface area (Å²) in [5.41, 5.74) is 0.0492. The van der Waals surface area contributed by atoms with Crippen LogP contribution in [0.15, 0.2) is 95.0 Å². The van der Waals surface area contributed by atoms with Crippen molar-refractivity contribution in [1.82, 2.24) is 29.1 Å². The van der Waals surface area contributed by atoms with Crippen LogP contribution >= 0.6 is 8.53 Å². The number of nitrogens with zero attached hydrogens (tertiary/aromatic N) is 7. The van der Waals surface area contributed by atoms with Crippen molar-refractivity contribution in [1.29, 1.82) is 5.26 Å². The predicted octanol–water partition coefficient (Wildman–Crippen LogP) is 6.69. The van der Waals surface area contributed by atoms with Gasteiger partial charge in [-0.05, 0) is 68.7 Å². The molecule has 61 heavy (non-hydrogen) atoms. The number of aromatic nitrogens is 4. The zero-order valence-electron chi connectivity index (χ0n) is 35.7. The van der Waals surface area contributed by atoms with E-state index in [2.05, 4.69) is 53.4 Å². The van der Waals surface area contributed by atoms with Crippen molar-refractivity contribution >= 4 is 32.0 Å². The first-order valence-corrected chi connectivity index (χ1v) is 21.3. The molecule has 17 heteroatoms. The summed E-state index contributed by atoms with van der Waals surface area (Å²) in [6, 6.07) is 27.9. The third-order valence-corrected chi connectivity index (χ3v) is 12.8. The Morgan fingerprint density at radius 2 is 1.62 bits per heavy atom. The third-order valence-electron chi connectivity index (χ3n) is 10.7. The van der Waals surface area contributed by atoms with Crippen LogP contribution in [-0.2, 0) is 28.9 Å². The summed E-state index contributed by atoms with van der Waals surface area (Å²) in [5.74, 6) is 1.50. The van der Waals surface area contributed by atoms with Gasteiger partial charge in [0.25, 0.3) is 14.1 Å². The molecular weight excluding hydrogens is 800 g/mol. The van der Waals surface area contributed by atoms with Gasteiger partial charge >= 0.3 is 0 Å². The molecule has 4 heterocycles. The maximum atomic E-state index is 13.3. The van der Waals surface area contributed by atoms with Gasteiger partial charge in [0.15, 0.2) is 17.4 Å². The lowest BCUT2D eigenvalue weighted by molar-refractivity contribution is -0.202. The monoisotopic (exact) mass is 852 g/mol.